The lowest BCUT2D eigenvalue weighted by atomic mass is 9.78. The lowest BCUT2D eigenvalue weighted by molar-refractivity contribution is 0.242. The summed E-state index contributed by atoms with van der Waals surface area (Å²) in [5, 5.41) is 0. The van der Waals surface area contributed by atoms with Crippen LogP contribution in [0.4, 0.5) is 10.1 Å². The second kappa shape index (κ2) is 5.49. The molecule has 2 unspecified atom stereocenters. The normalized spacial score (nSPS) is 27.2. The third-order valence-corrected chi connectivity index (χ3v) is 4.80. The summed E-state index contributed by atoms with van der Waals surface area (Å²) in [6.45, 7) is 1.41. The fourth-order valence-electron chi connectivity index (χ4n) is 3.83. The minimum atomic E-state index is -0.103. The van der Waals surface area contributed by atoms with Crippen LogP contribution in [0.15, 0.2) is 18.2 Å². The minimum Gasteiger partial charge on any atom is -0.366 e. The van der Waals surface area contributed by atoms with Crippen molar-refractivity contribution in [3.63, 3.8) is 0 Å². The van der Waals surface area contributed by atoms with Crippen LogP contribution in [0.25, 0.3) is 0 Å². The summed E-state index contributed by atoms with van der Waals surface area (Å²) in [6, 6.07) is 6.04. The zero-order valence-corrected chi connectivity index (χ0v) is 11.4. The molecule has 0 spiro atoms. The number of piperidine rings is 1. The first-order valence-electron chi connectivity index (χ1n) is 7.54. The van der Waals surface area contributed by atoms with Crippen molar-refractivity contribution >= 4 is 5.69 Å². The van der Waals surface area contributed by atoms with Crippen molar-refractivity contribution in [3.8, 4) is 0 Å². The summed E-state index contributed by atoms with van der Waals surface area (Å²) in [5.41, 5.74) is 7.23. The largest absolute Gasteiger partial charge is 0.366 e. The average molecular weight is 262 g/mol. The van der Waals surface area contributed by atoms with E-state index in [1.807, 2.05) is 12.1 Å². The van der Waals surface area contributed by atoms with E-state index in [1.54, 1.807) is 6.07 Å². The highest BCUT2D eigenvalue weighted by atomic mass is 19.1. The monoisotopic (exact) mass is 262 g/mol. The zero-order chi connectivity index (χ0) is 13.2. The van der Waals surface area contributed by atoms with Crippen LogP contribution in [0.3, 0.4) is 0 Å². The predicted octanol–water partition coefficient (Wildman–Crippen LogP) is 3.44. The molecule has 0 bridgehead atoms. The number of anilines is 1. The third kappa shape index (κ3) is 2.48. The molecule has 0 radical (unpaired) electrons. The molecule has 1 aromatic carbocycles. The van der Waals surface area contributed by atoms with Gasteiger partial charge in [-0.3, -0.25) is 0 Å². The van der Waals surface area contributed by atoms with Crippen molar-refractivity contribution in [1.82, 2.24) is 0 Å². The van der Waals surface area contributed by atoms with Crippen LogP contribution in [-0.4, -0.2) is 12.6 Å². The first-order chi connectivity index (χ1) is 9.29. The number of hydrogen-bond acceptors (Lipinski definition) is 2. The van der Waals surface area contributed by atoms with Crippen molar-refractivity contribution in [1.29, 1.82) is 0 Å². The van der Waals surface area contributed by atoms with Crippen LogP contribution in [0, 0.1) is 11.7 Å². The minimum absolute atomic E-state index is 0.103. The molecular weight excluding hydrogens is 239 g/mol. The van der Waals surface area contributed by atoms with Gasteiger partial charge in [0.05, 0.1) is 5.69 Å². The topological polar surface area (TPSA) is 29.3 Å². The van der Waals surface area contributed by atoms with Gasteiger partial charge in [-0.05, 0) is 49.3 Å². The van der Waals surface area contributed by atoms with E-state index in [4.69, 9.17) is 5.73 Å². The van der Waals surface area contributed by atoms with Crippen LogP contribution in [0.1, 0.15) is 44.1 Å². The lowest BCUT2D eigenvalue weighted by Gasteiger charge is -2.45. The number of nitrogens with zero attached hydrogens (tertiary/aromatic N) is 1. The van der Waals surface area contributed by atoms with Gasteiger partial charge in [-0.25, -0.2) is 4.39 Å². The van der Waals surface area contributed by atoms with E-state index in [1.165, 1.54) is 38.5 Å². The van der Waals surface area contributed by atoms with E-state index in [9.17, 15) is 4.39 Å². The van der Waals surface area contributed by atoms with E-state index >= 15 is 0 Å². The molecule has 1 heterocycles. The van der Waals surface area contributed by atoms with Gasteiger partial charge in [-0.1, -0.05) is 18.9 Å². The Morgan fingerprint density at radius 1 is 1.16 bits per heavy atom. The summed E-state index contributed by atoms with van der Waals surface area (Å²) < 4.78 is 14.3. The summed E-state index contributed by atoms with van der Waals surface area (Å²) in [7, 11) is 0. The Balaban J connectivity index is 1.87. The molecule has 0 amide bonds. The van der Waals surface area contributed by atoms with E-state index in [2.05, 4.69) is 4.90 Å². The highest BCUT2D eigenvalue weighted by Crippen LogP contribution is 2.38. The van der Waals surface area contributed by atoms with E-state index in [0.29, 0.717) is 12.6 Å². The smallest absolute Gasteiger partial charge is 0.146 e. The summed E-state index contributed by atoms with van der Waals surface area (Å²) >= 11 is 0. The van der Waals surface area contributed by atoms with E-state index in [-0.39, 0.29) is 5.82 Å². The van der Waals surface area contributed by atoms with Gasteiger partial charge in [0.2, 0.25) is 0 Å². The Bertz CT molecular complexity index is 444. The van der Waals surface area contributed by atoms with Crippen LogP contribution in [-0.2, 0) is 6.54 Å². The quantitative estimate of drug-likeness (QED) is 0.884. The van der Waals surface area contributed by atoms with Crippen molar-refractivity contribution in [2.24, 2.45) is 11.7 Å². The standard InChI is InChI=1S/C16H23FN2/c17-14-10-12(11-18)7-8-16(14)19-9-3-5-13-4-1-2-6-15(13)19/h7-8,10,13,15H,1-6,9,11,18H2. The number of benzene rings is 1. The molecule has 1 saturated heterocycles. The molecule has 2 aliphatic rings. The number of rotatable bonds is 2. The second-order valence-electron chi connectivity index (χ2n) is 5.94. The van der Waals surface area contributed by atoms with Crippen LogP contribution < -0.4 is 10.6 Å². The highest BCUT2D eigenvalue weighted by Gasteiger charge is 2.34. The Labute approximate surface area is 114 Å². The molecule has 1 aliphatic heterocycles. The van der Waals surface area contributed by atoms with Gasteiger partial charge in [-0.15, -0.1) is 0 Å². The maximum atomic E-state index is 14.3. The number of fused-ring (bicyclic) bond motifs is 1. The Kier molecular flexibility index (Phi) is 3.74. The molecule has 3 rings (SSSR count). The number of halogens is 1. The van der Waals surface area contributed by atoms with Crippen molar-refractivity contribution in [3.05, 3.63) is 29.6 Å². The van der Waals surface area contributed by atoms with Crippen LogP contribution in [0.5, 0.6) is 0 Å². The van der Waals surface area contributed by atoms with Gasteiger partial charge in [0.25, 0.3) is 0 Å². The van der Waals surface area contributed by atoms with Gasteiger partial charge in [0, 0.05) is 19.1 Å². The van der Waals surface area contributed by atoms with Gasteiger partial charge in [-0.2, -0.15) is 0 Å². The average Bonchev–Trinajstić information content (AvgIpc) is 2.46. The maximum absolute atomic E-state index is 14.3. The molecule has 104 valence electrons. The van der Waals surface area contributed by atoms with E-state index in [0.717, 1.165) is 23.7 Å². The zero-order valence-electron chi connectivity index (χ0n) is 11.4. The molecule has 2 atom stereocenters. The Morgan fingerprint density at radius 3 is 2.74 bits per heavy atom. The molecule has 1 aromatic rings. The van der Waals surface area contributed by atoms with Crippen molar-refractivity contribution in [2.45, 2.75) is 51.1 Å². The summed E-state index contributed by atoms with van der Waals surface area (Å²) in [5.74, 6) is 0.672. The van der Waals surface area contributed by atoms with Gasteiger partial charge >= 0.3 is 0 Å². The van der Waals surface area contributed by atoms with Gasteiger partial charge < -0.3 is 10.6 Å². The first-order valence-corrected chi connectivity index (χ1v) is 7.54. The third-order valence-electron chi connectivity index (χ3n) is 4.80. The molecular formula is C16H23FN2. The molecule has 1 saturated carbocycles. The van der Waals surface area contributed by atoms with E-state index < -0.39 is 0 Å². The summed E-state index contributed by atoms with van der Waals surface area (Å²) in [4.78, 5) is 2.32. The molecule has 2 nitrogen and oxygen atoms in total. The Hall–Kier alpha value is -1.09. The molecule has 3 heteroatoms. The van der Waals surface area contributed by atoms with Crippen molar-refractivity contribution in [2.75, 3.05) is 11.4 Å². The first kappa shape index (κ1) is 12.9. The number of hydrogen-bond donors (Lipinski definition) is 1. The second-order valence-corrected chi connectivity index (χ2v) is 5.94. The number of nitrogens with two attached hydrogens (primary N) is 1. The highest BCUT2D eigenvalue weighted by molar-refractivity contribution is 5.50. The lowest BCUT2D eigenvalue weighted by Crippen LogP contribution is -2.47. The van der Waals surface area contributed by atoms with Crippen molar-refractivity contribution < 1.29 is 4.39 Å². The van der Waals surface area contributed by atoms with Crippen LogP contribution in [0.2, 0.25) is 0 Å². The van der Waals surface area contributed by atoms with Gasteiger partial charge in [0.15, 0.2) is 0 Å². The van der Waals surface area contributed by atoms with Gasteiger partial charge in [0.1, 0.15) is 5.82 Å². The molecule has 2 N–H and O–H groups in total. The van der Waals surface area contributed by atoms with Crippen LogP contribution >= 0.6 is 0 Å². The fourth-order valence-corrected chi connectivity index (χ4v) is 3.83. The fraction of sp³-hybridized carbons (Fsp3) is 0.625. The SMILES string of the molecule is NCc1ccc(N2CCCC3CCCCC32)c(F)c1. The molecule has 1 aliphatic carbocycles. The molecule has 0 aromatic heterocycles. The maximum Gasteiger partial charge on any atom is 0.146 e. The molecule has 19 heavy (non-hydrogen) atoms. The molecule has 2 fully saturated rings. The predicted molar refractivity (Wildman–Crippen MR) is 76.6 cm³/mol. The summed E-state index contributed by atoms with van der Waals surface area (Å²) in [6.07, 6.45) is 7.71. The Morgan fingerprint density at radius 2 is 1.95 bits per heavy atom.